The molecule has 43 heavy (non-hydrogen) atoms. The number of imidazole rings is 1. The molecular formula is C26H22F6N8O3. The highest BCUT2D eigenvalue weighted by Crippen LogP contribution is 2.29. The highest BCUT2D eigenvalue weighted by molar-refractivity contribution is 5.93. The van der Waals surface area contributed by atoms with E-state index in [1.165, 1.54) is 23.6 Å². The van der Waals surface area contributed by atoms with Crippen molar-refractivity contribution in [3.05, 3.63) is 60.9 Å². The Morgan fingerprint density at radius 2 is 1.74 bits per heavy atom. The fourth-order valence-corrected chi connectivity index (χ4v) is 4.28. The van der Waals surface area contributed by atoms with E-state index in [0.717, 1.165) is 44.1 Å². The predicted molar refractivity (Wildman–Crippen MR) is 141 cm³/mol. The molecule has 0 radical (unpaired) electrons. The second-order valence-corrected chi connectivity index (χ2v) is 9.30. The van der Waals surface area contributed by atoms with Crippen molar-refractivity contribution in [2.75, 3.05) is 42.7 Å². The number of fused-ring (bicyclic) bond motifs is 1. The first-order chi connectivity index (χ1) is 20.4. The van der Waals surface area contributed by atoms with Crippen molar-refractivity contribution < 1.29 is 40.8 Å². The maximum Gasteiger partial charge on any atom is 0.493 e. The molecule has 0 saturated carbocycles. The van der Waals surface area contributed by atoms with Gasteiger partial charge < -0.3 is 20.4 Å². The number of carbonyl (C=O) groups excluding carboxylic acids is 2. The van der Waals surface area contributed by atoms with E-state index in [0.29, 0.717) is 28.2 Å². The van der Waals surface area contributed by atoms with Crippen LogP contribution in [0.3, 0.4) is 0 Å². The number of aromatic nitrogens is 4. The van der Waals surface area contributed by atoms with Crippen molar-refractivity contribution >= 4 is 29.2 Å². The Kier molecular flexibility index (Phi) is 8.08. The van der Waals surface area contributed by atoms with Gasteiger partial charge in [-0.15, -0.1) is 15.3 Å². The molecule has 1 fully saturated rings. The number of anilines is 2. The van der Waals surface area contributed by atoms with E-state index in [9.17, 15) is 35.9 Å². The van der Waals surface area contributed by atoms with Crippen LogP contribution in [0.15, 0.2) is 60.9 Å². The van der Waals surface area contributed by atoms with E-state index in [-0.39, 0.29) is 5.06 Å². The Balaban J connectivity index is 1.41. The number of nitrogens with zero attached hydrogens (tertiary/aromatic N) is 6. The average Bonchev–Trinajstić information content (AvgIpc) is 3.42. The quantitative estimate of drug-likeness (QED) is 0.258. The minimum Gasteiger partial charge on any atom is -0.353 e. The first kappa shape index (κ1) is 29.6. The fraction of sp³-hybridized carbons (Fsp3) is 0.269. The standard InChI is InChI=1S/C26H22F6N8O3/c27-25(28,29)15-35-24(42)40(43-23(41)26(30,31)32)18-3-1-2-17(12-18)20-14-34-22-13-16(6-9-39(20)22)19-4-5-21(37-36-19)38-10-7-33-8-11-38/h1-6,9,12-14,33H,7-8,10-11,15H2,(H,35,42). The Morgan fingerprint density at radius 3 is 2.42 bits per heavy atom. The number of hydrogen-bond acceptors (Lipinski definition) is 8. The number of hydroxylamine groups is 1. The number of urea groups is 1. The SMILES string of the molecule is O=C(NCC(F)(F)F)N(OC(=O)C(F)(F)F)c1cccc(-c2cnc3cc(-c4ccc(N5CCNCC5)nn4)ccn23)c1. The van der Waals surface area contributed by atoms with Gasteiger partial charge in [0.1, 0.15) is 12.2 Å². The van der Waals surface area contributed by atoms with Crippen molar-refractivity contribution in [3.8, 4) is 22.5 Å². The lowest BCUT2D eigenvalue weighted by Gasteiger charge is -2.27. The van der Waals surface area contributed by atoms with Crippen molar-refractivity contribution in [3.63, 3.8) is 0 Å². The van der Waals surface area contributed by atoms with Gasteiger partial charge in [-0.2, -0.15) is 26.3 Å². The summed E-state index contributed by atoms with van der Waals surface area (Å²) in [6.45, 7) is 1.47. The van der Waals surface area contributed by atoms with Crippen LogP contribution >= 0.6 is 0 Å². The van der Waals surface area contributed by atoms with Gasteiger partial charge in [-0.3, -0.25) is 4.40 Å². The van der Waals surface area contributed by atoms with Gasteiger partial charge in [0, 0.05) is 43.5 Å². The number of alkyl halides is 6. The van der Waals surface area contributed by atoms with Crippen LogP contribution < -0.4 is 20.6 Å². The minimum atomic E-state index is -5.52. The van der Waals surface area contributed by atoms with Crippen LogP contribution in [-0.4, -0.2) is 76.7 Å². The molecule has 0 aliphatic carbocycles. The van der Waals surface area contributed by atoms with Gasteiger partial charge in [-0.1, -0.05) is 12.1 Å². The third kappa shape index (κ3) is 6.94. The van der Waals surface area contributed by atoms with Crippen molar-refractivity contribution in [2.24, 2.45) is 0 Å². The van der Waals surface area contributed by atoms with Crippen LogP contribution in [-0.2, 0) is 9.63 Å². The largest absolute Gasteiger partial charge is 0.493 e. The summed E-state index contributed by atoms with van der Waals surface area (Å²) in [5.74, 6) is -2.04. The molecule has 0 atom stereocenters. The number of rotatable bonds is 5. The summed E-state index contributed by atoms with van der Waals surface area (Å²) < 4.78 is 78.1. The third-order valence-corrected chi connectivity index (χ3v) is 6.31. The lowest BCUT2D eigenvalue weighted by Crippen LogP contribution is -2.46. The maximum atomic E-state index is 12.9. The molecule has 1 saturated heterocycles. The van der Waals surface area contributed by atoms with E-state index in [2.05, 4.69) is 30.2 Å². The van der Waals surface area contributed by atoms with Crippen molar-refractivity contribution in [1.82, 2.24) is 30.2 Å². The Bertz CT molecular complexity index is 1620. The molecule has 4 heterocycles. The maximum absolute atomic E-state index is 12.9. The molecule has 2 N–H and O–H groups in total. The predicted octanol–water partition coefficient (Wildman–Crippen LogP) is 3.97. The Morgan fingerprint density at radius 1 is 0.977 bits per heavy atom. The second kappa shape index (κ2) is 11.7. The molecule has 2 amide bonds. The van der Waals surface area contributed by atoms with Crippen LogP contribution in [0.2, 0.25) is 0 Å². The second-order valence-electron chi connectivity index (χ2n) is 9.30. The molecule has 0 spiro atoms. The number of benzene rings is 1. The molecule has 11 nitrogen and oxygen atoms in total. The van der Waals surface area contributed by atoms with E-state index >= 15 is 0 Å². The van der Waals surface area contributed by atoms with Gasteiger partial charge in [0.05, 0.1) is 23.3 Å². The first-order valence-corrected chi connectivity index (χ1v) is 12.7. The molecule has 1 aliphatic rings. The monoisotopic (exact) mass is 608 g/mol. The summed E-state index contributed by atoms with van der Waals surface area (Å²) in [7, 11) is 0. The van der Waals surface area contributed by atoms with Gasteiger partial charge in [0.25, 0.3) is 0 Å². The molecule has 0 unspecified atom stereocenters. The van der Waals surface area contributed by atoms with E-state index in [1.807, 2.05) is 12.1 Å². The first-order valence-electron chi connectivity index (χ1n) is 12.7. The summed E-state index contributed by atoms with van der Waals surface area (Å²) in [6, 6.07) is 10.6. The van der Waals surface area contributed by atoms with Gasteiger partial charge in [-0.25, -0.2) is 14.6 Å². The topological polar surface area (TPSA) is 117 Å². The van der Waals surface area contributed by atoms with Crippen LogP contribution in [0.5, 0.6) is 0 Å². The molecule has 1 aliphatic heterocycles. The van der Waals surface area contributed by atoms with Crippen molar-refractivity contribution in [1.29, 1.82) is 0 Å². The van der Waals surface area contributed by atoms with Gasteiger partial charge in [-0.05, 0) is 36.4 Å². The zero-order valence-corrected chi connectivity index (χ0v) is 22.0. The lowest BCUT2D eigenvalue weighted by atomic mass is 10.1. The molecule has 5 rings (SSSR count). The van der Waals surface area contributed by atoms with Crippen molar-refractivity contribution in [2.45, 2.75) is 12.4 Å². The van der Waals surface area contributed by atoms with E-state index in [1.54, 1.807) is 22.7 Å². The molecule has 3 aromatic heterocycles. The van der Waals surface area contributed by atoms with Crippen LogP contribution in [0.4, 0.5) is 42.6 Å². The molecular weight excluding hydrogens is 586 g/mol. The van der Waals surface area contributed by atoms with Crippen LogP contribution in [0.1, 0.15) is 0 Å². The number of piperazine rings is 1. The lowest BCUT2D eigenvalue weighted by molar-refractivity contribution is -0.199. The number of nitrogens with one attached hydrogen (secondary N) is 2. The summed E-state index contributed by atoms with van der Waals surface area (Å²) in [5.41, 5.74) is 2.05. The fourth-order valence-electron chi connectivity index (χ4n) is 4.28. The third-order valence-electron chi connectivity index (χ3n) is 6.31. The van der Waals surface area contributed by atoms with Crippen LogP contribution in [0, 0.1) is 0 Å². The zero-order chi connectivity index (χ0) is 30.8. The highest BCUT2D eigenvalue weighted by Gasteiger charge is 2.44. The average molecular weight is 609 g/mol. The smallest absolute Gasteiger partial charge is 0.353 e. The normalized spacial score (nSPS) is 14.0. The van der Waals surface area contributed by atoms with Gasteiger partial charge >= 0.3 is 24.4 Å². The van der Waals surface area contributed by atoms with Crippen LogP contribution in [0.25, 0.3) is 28.2 Å². The summed E-state index contributed by atoms with van der Waals surface area (Å²) >= 11 is 0. The highest BCUT2D eigenvalue weighted by atomic mass is 19.4. The Labute approximate surface area is 239 Å². The molecule has 226 valence electrons. The number of pyridine rings is 1. The number of amides is 2. The number of carbonyl (C=O) groups is 2. The van der Waals surface area contributed by atoms with Gasteiger partial charge in [0.2, 0.25) is 0 Å². The van der Waals surface area contributed by atoms with E-state index < -0.39 is 36.6 Å². The molecule has 0 bridgehead atoms. The summed E-state index contributed by atoms with van der Waals surface area (Å²) in [6.07, 6.45) is -7.27. The molecule has 17 heteroatoms. The number of halogens is 6. The molecule has 4 aromatic rings. The summed E-state index contributed by atoms with van der Waals surface area (Å²) in [5, 5.41) is 13.1. The minimum absolute atomic E-state index is 0.185. The van der Waals surface area contributed by atoms with E-state index in [4.69, 9.17) is 0 Å². The Hall–Kier alpha value is -4.93. The summed E-state index contributed by atoms with van der Waals surface area (Å²) in [4.78, 5) is 34.5. The molecule has 1 aromatic carbocycles. The number of hydrogen-bond donors (Lipinski definition) is 2. The zero-order valence-electron chi connectivity index (χ0n) is 22.0. The van der Waals surface area contributed by atoms with Gasteiger partial charge in [0.15, 0.2) is 5.82 Å².